The molecular formula is C112H76BBrN4O2. The second-order valence-corrected chi connectivity index (χ2v) is 33.8. The van der Waals surface area contributed by atoms with Gasteiger partial charge in [-0.25, -0.2) is 9.97 Å². The average Bonchev–Trinajstić information content (AvgIpc) is 1.28. The van der Waals surface area contributed by atoms with Crippen molar-refractivity contribution in [3.8, 4) is 55.6 Å². The lowest BCUT2D eigenvalue weighted by atomic mass is 9.78. The molecule has 0 unspecified atom stereocenters. The number of aromatic nitrogens is 4. The number of halogens is 1. The second kappa shape index (κ2) is 28.0. The van der Waals surface area contributed by atoms with E-state index in [-0.39, 0.29) is 18.3 Å². The molecule has 20 aromatic carbocycles. The Morgan fingerprint density at radius 2 is 0.542 bits per heavy atom. The Kier molecular flexibility index (Phi) is 16.6. The van der Waals surface area contributed by atoms with Crippen LogP contribution in [0, 0.1) is 0 Å². The summed E-state index contributed by atoms with van der Waals surface area (Å²) in [4.78, 5) is 10.1. The van der Waals surface area contributed by atoms with E-state index in [0.29, 0.717) is 0 Å². The summed E-state index contributed by atoms with van der Waals surface area (Å²) >= 11 is 3.77. The molecule has 1 aliphatic rings. The fourth-order valence-corrected chi connectivity index (χ4v) is 19.7. The van der Waals surface area contributed by atoms with Gasteiger partial charge < -0.3 is 9.31 Å². The largest absolute Gasteiger partial charge is 0.494 e. The van der Waals surface area contributed by atoms with Crippen LogP contribution in [0.15, 0.2) is 393 Å². The Labute approximate surface area is 701 Å². The predicted octanol–water partition coefficient (Wildman–Crippen LogP) is 29.9. The third-order valence-electron chi connectivity index (χ3n) is 25.6. The molecule has 5 heterocycles. The summed E-state index contributed by atoms with van der Waals surface area (Å²) in [7, 11) is -0.381. The van der Waals surface area contributed by atoms with Crippen LogP contribution >= 0.6 is 15.9 Å². The Morgan fingerprint density at radius 3 is 0.967 bits per heavy atom. The van der Waals surface area contributed by atoms with Gasteiger partial charge in [-0.05, 0) is 246 Å². The molecular weight excluding hydrogens is 1520 g/mol. The molecule has 6 nitrogen and oxygen atoms in total. The van der Waals surface area contributed by atoms with Crippen molar-refractivity contribution in [2.45, 2.75) is 38.9 Å². The topological polar surface area (TPSA) is 53.1 Å². The highest BCUT2D eigenvalue weighted by Gasteiger charge is 2.52. The smallest absolute Gasteiger partial charge is 0.399 e. The van der Waals surface area contributed by atoms with Gasteiger partial charge in [0.05, 0.1) is 44.3 Å². The zero-order valence-corrected chi connectivity index (χ0v) is 68.1. The predicted molar refractivity (Wildman–Crippen MR) is 513 cm³/mol. The molecule has 25 rings (SSSR count). The van der Waals surface area contributed by atoms with E-state index in [1.807, 2.05) is 6.07 Å². The molecule has 1 fully saturated rings. The minimum atomic E-state index is -0.381. The lowest BCUT2D eigenvalue weighted by Gasteiger charge is -2.32. The molecule has 0 bridgehead atoms. The molecule has 1 aliphatic heterocycles. The van der Waals surface area contributed by atoms with Gasteiger partial charge in [0.2, 0.25) is 0 Å². The fraction of sp³-hybridized carbons (Fsp3) is 0.0536. The lowest BCUT2D eigenvalue weighted by Crippen LogP contribution is -2.41. The minimum absolute atomic E-state index is 0.362. The zero-order valence-electron chi connectivity index (χ0n) is 66.5. The van der Waals surface area contributed by atoms with Crippen LogP contribution in [0.2, 0.25) is 0 Å². The maximum atomic E-state index is 6.31. The van der Waals surface area contributed by atoms with E-state index in [0.717, 1.165) is 65.1 Å². The van der Waals surface area contributed by atoms with Crippen molar-refractivity contribution in [1.82, 2.24) is 18.8 Å². The molecule has 566 valence electrons. The van der Waals surface area contributed by atoms with E-state index in [2.05, 4.69) is 435 Å². The summed E-state index contributed by atoms with van der Waals surface area (Å²) in [6, 6.07) is 141. The molecule has 0 saturated carbocycles. The van der Waals surface area contributed by atoms with Crippen LogP contribution < -0.4 is 5.46 Å². The van der Waals surface area contributed by atoms with Gasteiger partial charge in [-0.3, -0.25) is 8.80 Å². The molecule has 0 N–H and O–H groups in total. The molecule has 0 amide bonds. The molecule has 120 heavy (non-hydrogen) atoms. The monoisotopic (exact) mass is 1600 g/mol. The quantitative estimate of drug-likeness (QED) is 0.0946. The van der Waals surface area contributed by atoms with Crippen LogP contribution in [0.5, 0.6) is 0 Å². The standard InChI is InChI=1S/C53H32N2.C34H21Br.C25H23BN2O2/c1-3-17-37-33(13-1)15-11-23-40(37)51-42-20-6-7-21-43(42)52(41-24-12-16-34-14-2-4-18-38(34)41)47-32-35(27-29-44(47)51)36-28-30-49-46(31-36)39-19-5-8-22-45(39)53-54-48-25-9-10-26-50(48)55(49)53;35-24-19-20-31-32(21-24)34(28-18-8-12-23-10-2-4-14-26(23)28)30-16-6-5-15-29(30)33(31)27-17-7-11-22-9-1-3-13-25(22)27;1-24(2)25(3,4)30-26(29-24)16-13-14-21-19(15-16)17-9-5-6-10-18(17)23-27-20-11-7-8-12-22(20)28(21)23/h1-32H;1-21H;5-15H,1-4H3. The van der Waals surface area contributed by atoms with Crippen molar-refractivity contribution >= 4 is 191 Å². The Hall–Kier alpha value is -14.1. The Balaban J connectivity index is 0.000000112. The van der Waals surface area contributed by atoms with Crippen LogP contribution in [0.25, 0.3) is 219 Å². The number of hydrogen-bond donors (Lipinski definition) is 0. The first kappa shape index (κ1) is 71.2. The number of nitrogens with zero attached hydrogens (tertiary/aromatic N) is 4. The second-order valence-electron chi connectivity index (χ2n) is 32.9. The van der Waals surface area contributed by atoms with Gasteiger partial charge in [0.25, 0.3) is 0 Å². The first-order valence-electron chi connectivity index (χ1n) is 41.3. The number of imidazole rings is 2. The summed E-state index contributed by atoms with van der Waals surface area (Å²) in [6.07, 6.45) is 0. The van der Waals surface area contributed by atoms with Crippen LogP contribution in [0.1, 0.15) is 27.7 Å². The molecule has 1 saturated heterocycles. The summed E-state index contributed by atoms with van der Waals surface area (Å²) in [5.41, 5.74) is 21.4. The van der Waals surface area contributed by atoms with Gasteiger partial charge in [-0.1, -0.05) is 344 Å². The molecule has 0 atom stereocenters. The summed E-state index contributed by atoms with van der Waals surface area (Å²) < 4.78 is 18.3. The van der Waals surface area contributed by atoms with Crippen LogP contribution in [0.4, 0.5) is 0 Å². The molecule has 0 spiro atoms. The SMILES string of the molecule is Brc1ccc2c(-c3cccc4ccccc34)c3ccccc3c(-c3cccc4ccccc34)c2c1.CC1(C)OB(c2ccc3c(c2)c2ccccc2c2nc4ccccc4n32)OC1(C)C.c1ccc2c(-c3c4ccccc4c(-c4cccc5ccccc45)c4cc(-c5ccc6c(c5)c5ccccc5c5nc7ccccc7n65)ccc34)cccc2c1. The van der Waals surface area contributed by atoms with Crippen molar-refractivity contribution in [2.24, 2.45) is 0 Å². The van der Waals surface area contributed by atoms with Crippen molar-refractivity contribution < 1.29 is 9.31 Å². The summed E-state index contributed by atoms with van der Waals surface area (Å²) in [5.74, 6) is 0. The maximum Gasteiger partial charge on any atom is 0.494 e. The molecule has 0 radical (unpaired) electrons. The van der Waals surface area contributed by atoms with E-state index in [4.69, 9.17) is 19.3 Å². The number of pyridine rings is 2. The maximum absolute atomic E-state index is 6.31. The fourth-order valence-electron chi connectivity index (χ4n) is 19.4. The third kappa shape index (κ3) is 11.4. The van der Waals surface area contributed by atoms with Gasteiger partial charge in [-0.2, -0.15) is 0 Å². The number of rotatable bonds is 6. The molecule has 0 aliphatic carbocycles. The molecule has 8 heteroatoms. The van der Waals surface area contributed by atoms with Gasteiger partial charge in [0, 0.05) is 26.0 Å². The van der Waals surface area contributed by atoms with Crippen molar-refractivity contribution in [3.05, 3.63) is 393 Å². The number of para-hydroxylation sites is 4. The Bertz CT molecular complexity index is 8390. The van der Waals surface area contributed by atoms with Gasteiger partial charge in [-0.15, -0.1) is 0 Å². The zero-order chi connectivity index (χ0) is 80.1. The molecule has 4 aromatic heterocycles. The lowest BCUT2D eigenvalue weighted by molar-refractivity contribution is 0.00578. The normalized spacial score (nSPS) is 13.4. The van der Waals surface area contributed by atoms with E-state index in [1.165, 1.54) is 163 Å². The van der Waals surface area contributed by atoms with E-state index < -0.39 is 0 Å². The van der Waals surface area contributed by atoms with Crippen molar-refractivity contribution in [3.63, 3.8) is 0 Å². The Morgan fingerprint density at radius 1 is 0.242 bits per heavy atom. The highest BCUT2D eigenvalue weighted by Crippen LogP contribution is 2.51. The van der Waals surface area contributed by atoms with Crippen molar-refractivity contribution in [2.75, 3.05) is 0 Å². The van der Waals surface area contributed by atoms with Gasteiger partial charge in [0.15, 0.2) is 0 Å². The van der Waals surface area contributed by atoms with Crippen LogP contribution in [-0.4, -0.2) is 37.1 Å². The first-order valence-corrected chi connectivity index (χ1v) is 42.1. The van der Waals surface area contributed by atoms with Gasteiger partial charge in [0.1, 0.15) is 11.3 Å². The highest BCUT2D eigenvalue weighted by molar-refractivity contribution is 9.10. The van der Waals surface area contributed by atoms with Gasteiger partial charge >= 0.3 is 7.12 Å². The van der Waals surface area contributed by atoms with Crippen molar-refractivity contribution in [1.29, 1.82) is 0 Å². The first-order chi connectivity index (χ1) is 58.9. The summed E-state index contributed by atoms with van der Waals surface area (Å²) in [6.45, 7) is 8.35. The van der Waals surface area contributed by atoms with E-state index in [9.17, 15) is 0 Å². The highest BCUT2D eigenvalue weighted by atomic mass is 79.9. The summed E-state index contributed by atoms with van der Waals surface area (Å²) in [5, 5.41) is 27.3. The number of hydrogen-bond acceptors (Lipinski definition) is 4. The van der Waals surface area contributed by atoms with E-state index in [1.54, 1.807) is 0 Å². The molecule has 24 aromatic rings. The number of benzene rings is 20. The number of fused-ring (bicyclic) bond motifs is 24. The minimum Gasteiger partial charge on any atom is -0.399 e. The third-order valence-corrected chi connectivity index (χ3v) is 26.1. The van der Waals surface area contributed by atoms with E-state index >= 15 is 0 Å². The average molecular weight is 1600 g/mol. The van der Waals surface area contributed by atoms with Crippen LogP contribution in [0.3, 0.4) is 0 Å². The van der Waals surface area contributed by atoms with Crippen LogP contribution in [-0.2, 0) is 9.31 Å².